The number of hydrogen-bond donors (Lipinski definition) is 1. The quantitative estimate of drug-likeness (QED) is 0.757. The van der Waals surface area contributed by atoms with E-state index in [1.165, 1.54) is 23.7 Å². The van der Waals surface area contributed by atoms with Crippen molar-refractivity contribution in [3.05, 3.63) is 35.5 Å². The topological polar surface area (TPSA) is 38.9 Å². The van der Waals surface area contributed by atoms with Crippen molar-refractivity contribution in [2.75, 3.05) is 5.73 Å². The van der Waals surface area contributed by atoms with Crippen LogP contribution in [0.15, 0.2) is 29.6 Å². The van der Waals surface area contributed by atoms with Gasteiger partial charge < -0.3 is 5.73 Å². The first-order valence-corrected chi connectivity index (χ1v) is 4.57. The molecule has 0 fully saturated rings. The molecular formula is C9H7FN2S. The predicted molar refractivity (Wildman–Crippen MR) is 51.9 cm³/mol. The zero-order chi connectivity index (χ0) is 9.26. The fraction of sp³-hybridized carbons (Fsp3) is 0. The highest BCUT2D eigenvalue weighted by Crippen LogP contribution is 2.25. The second-order valence-corrected chi connectivity index (χ2v) is 3.26. The Labute approximate surface area is 79.0 Å². The van der Waals surface area contributed by atoms with Gasteiger partial charge in [0.15, 0.2) is 0 Å². The maximum atomic E-state index is 12.8. The number of rotatable bonds is 1. The summed E-state index contributed by atoms with van der Waals surface area (Å²) in [7, 11) is 0. The predicted octanol–water partition coefficient (Wildman–Crippen LogP) is 2.53. The van der Waals surface area contributed by atoms with E-state index in [1.807, 2.05) is 0 Å². The van der Waals surface area contributed by atoms with Crippen molar-refractivity contribution in [3.63, 3.8) is 0 Å². The van der Waals surface area contributed by atoms with Crippen LogP contribution in [0.25, 0.3) is 11.3 Å². The zero-order valence-corrected chi connectivity index (χ0v) is 7.51. The van der Waals surface area contributed by atoms with Crippen molar-refractivity contribution in [1.82, 2.24) is 4.37 Å². The van der Waals surface area contributed by atoms with E-state index in [-0.39, 0.29) is 5.82 Å². The van der Waals surface area contributed by atoms with Crippen molar-refractivity contribution in [2.24, 2.45) is 0 Å². The molecule has 0 saturated carbocycles. The number of benzene rings is 1. The first-order chi connectivity index (χ1) is 6.27. The molecule has 1 heterocycles. The van der Waals surface area contributed by atoms with E-state index in [4.69, 9.17) is 5.73 Å². The Morgan fingerprint density at radius 2 is 2.23 bits per heavy atom. The molecule has 0 atom stereocenters. The third kappa shape index (κ3) is 1.53. The lowest BCUT2D eigenvalue weighted by Crippen LogP contribution is -1.86. The maximum absolute atomic E-state index is 12.8. The molecule has 2 N–H and O–H groups in total. The number of nitrogen functional groups attached to an aromatic ring is 1. The van der Waals surface area contributed by atoms with Gasteiger partial charge >= 0.3 is 0 Å². The molecule has 2 nitrogen and oxygen atoms in total. The Balaban J connectivity index is 2.53. The van der Waals surface area contributed by atoms with Gasteiger partial charge in [0.05, 0.1) is 5.69 Å². The Bertz CT molecular complexity index is 425. The van der Waals surface area contributed by atoms with Crippen LogP contribution >= 0.6 is 11.5 Å². The summed E-state index contributed by atoms with van der Waals surface area (Å²) in [5.41, 5.74) is 7.62. The van der Waals surface area contributed by atoms with Gasteiger partial charge in [-0.1, -0.05) is 12.1 Å². The molecule has 0 aliphatic heterocycles. The van der Waals surface area contributed by atoms with Crippen LogP contribution < -0.4 is 5.73 Å². The van der Waals surface area contributed by atoms with Gasteiger partial charge in [0.25, 0.3) is 0 Å². The van der Waals surface area contributed by atoms with E-state index < -0.39 is 0 Å². The van der Waals surface area contributed by atoms with E-state index in [9.17, 15) is 4.39 Å². The summed E-state index contributed by atoms with van der Waals surface area (Å²) in [4.78, 5) is 0. The summed E-state index contributed by atoms with van der Waals surface area (Å²) >= 11 is 1.27. The second-order valence-electron chi connectivity index (χ2n) is 2.63. The normalized spacial score (nSPS) is 10.2. The monoisotopic (exact) mass is 194 g/mol. The van der Waals surface area contributed by atoms with E-state index in [2.05, 4.69) is 4.37 Å². The summed E-state index contributed by atoms with van der Waals surface area (Å²) in [5, 5.41) is 1.74. The molecule has 4 heteroatoms. The molecule has 66 valence electrons. The Kier molecular flexibility index (Phi) is 1.98. The average molecular weight is 194 g/mol. The molecule has 1 aromatic heterocycles. The summed E-state index contributed by atoms with van der Waals surface area (Å²) in [6.45, 7) is 0. The zero-order valence-electron chi connectivity index (χ0n) is 6.70. The Morgan fingerprint density at radius 1 is 1.38 bits per heavy atom. The average Bonchev–Trinajstić information content (AvgIpc) is 2.51. The van der Waals surface area contributed by atoms with E-state index in [0.29, 0.717) is 11.4 Å². The summed E-state index contributed by atoms with van der Waals surface area (Å²) in [6.07, 6.45) is 0. The fourth-order valence-electron chi connectivity index (χ4n) is 1.10. The van der Waals surface area contributed by atoms with Crippen LogP contribution in [-0.2, 0) is 0 Å². The highest BCUT2D eigenvalue weighted by atomic mass is 32.1. The van der Waals surface area contributed by atoms with E-state index in [1.54, 1.807) is 17.5 Å². The first kappa shape index (κ1) is 8.19. The molecule has 0 unspecified atom stereocenters. The fourth-order valence-corrected chi connectivity index (χ4v) is 1.69. The minimum absolute atomic E-state index is 0.273. The molecule has 0 amide bonds. The molecule has 1 aromatic carbocycles. The number of halogens is 1. The van der Waals surface area contributed by atoms with Gasteiger partial charge in [-0.25, -0.2) is 4.39 Å². The van der Waals surface area contributed by atoms with Crippen molar-refractivity contribution >= 4 is 17.2 Å². The third-order valence-corrected chi connectivity index (χ3v) is 2.34. The highest BCUT2D eigenvalue weighted by molar-refractivity contribution is 7.04. The lowest BCUT2D eigenvalue weighted by Gasteiger charge is -1.97. The van der Waals surface area contributed by atoms with Crippen LogP contribution in [0.3, 0.4) is 0 Å². The summed E-state index contributed by atoms with van der Waals surface area (Å²) in [5.74, 6) is -0.273. The number of aromatic nitrogens is 1. The molecule has 2 rings (SSSR count). The molecule has 0 bridgehead atoms. The molecular weight excluding hydrogens is 187 g/mol. The van der Waals surface area contributed by atoms with Gasteiger partial charge in [0, 0.05) is 10.9 Å². The molecule has 0 saturated heterocycles. The van der Waals surface area contributed by atoms with Crippen molar-refractivity contribution in [1.29, 1.82) is 0 Å². The smallest absolute Gasteiger partial charge is 0.123 e. The molecule has 0 radical (unpaired) electrons. The summed E-state index contributed by atoms with van der Waals surface area (Å²) < 4.78 is 16.9. The van der Waals surface area contributed by atoms with Crippen molar-refractivity contribution in [3.8, 4) is 11.3 Å². The molecule has 0 aliphatic carbocycles. The molecule has 0 spiro atoms. The van der Waals surface area contributed by atoms with Crippen LogP contribution in [0.5, 0.6) is 0 Å². The number of hydrogen-bond acceptors (Lipinski definition) is 3. The van der Waals surface area contributed by atoms with Gasteiger partial charge in [0.1, 0.15) is 11.5 Å². The maximum Gasteiger partial charge on any atom is 0.123 e. The van der Waals surface area contributed by atoms with Gasteiger partial charge in [-0.15, -0.1) is 0 Å². The minimum atomic E-state index is -0.273. The second kappa shape index (κ2) is 3.14. The number of anilines is 1. The van der Waals surface area contributed by atoms with Crippen LogP contribution in [0.4, 0.5) is 10.1 Å². The minimum Gasteiger partial charge on any atom is -0.396 e. The SMILES string of the molecule is Nc1csnc1-c1cccc(F)c1. The van der Waals surface area contributed by atoms with Gasteiger partial charge in [-0.05, 0) is 23.7 Å². The van der Waals surface area contributed by atoms with Gasteiger partial charge in [-0.3, -0.25) is 0 Å². The van der Waals surface area contributed by atoms with Crippen LogP contribution in [0, 0.1) is 5.82 Å². The van der Waals surface area contributed by atoms with Crippen LogP contribution in [0.1, 0.15) is 0 Å². The molecule has 13 heavy (non-hydrogen) atoms. The molecule has 2 aromatic rings. The number of nitrogens with zero attached hydrogens (tertiary/aromatic N) is 1. The third-order valence-electron chi connectivity index (χ3n) is 1.70. The number of nitrogens with two attached hydrogens (primary N) is 1. The van der Waals surface area contributed by atoms with Crippen LogP contribution in [0.2, 0.25) is 0 Å². The van der Waals surface area contributed by atoms with E-state index in [0.717, 1.165) is 5.56 Å². The standard InChI is InChI=1S/C9H7FN2S/c10-7-3-1-2-6(4-7)9-8(11)5-13-12-9/h1-5H,11H2. The van der Waals surface area contributed by atoms with Crippen molar-refractivity contribution in [2.45, 2.75) is 0 Å². The lowest BCUT2D eigenvalue weighted by molar-refractivity contribution is 0.628. The van der Waals surface area contributed by atoms with Crippen LogP contribution in [-0.4, -0.2) is 4.37 Å². The first-order valence-electron chi connectivity index (χ1n) is 3.73. The Morgan fingerprint density at radius 3 is 2.85 bits per heavy atom. The Hall–Kier alpha value is -1.42. The van der Waals surface area contributed by atoms with E-state index >= 15 is 0 Å². The van der Waals surface area contributed by atoms with Crippen molar-refractivity contribution < 1.29 is 4.39 Å². The summed E-state index contributed by atoms with van der Waals surface area (Å²) in [6, 6.07) is 6.25. The lowest BCUT2D eigenvalue weighted by atomic mass is 10.1. The largest absolute Gasteiger partial charge is 0.396 e. The highest BCUT2D eigenvalue weighted by Gasteiger charge is 2.05. The van der Waals surface area contributed by atoms with Gasteiger partial charge in [-0.2, -0.15) is 4.37 Å². The molecule has 0 aliphatic rings. The van der Waals surface area contributed by atoms with Gasteiger partial charge in [0.2, 0.25) is 0 Å².